The van der Waals surface area contributed by atoms with Crippen LogP contribution in [0.25, 0.3) is 0 Å². The Bertz CT molecular complexity index is 963. The number of hydrogen-bond donors (Lipinski definition) is 0. The first kappa shape index (κ1) is 18.2. The normalized spacial score (nSPS) is 13.4. The van der Waals surface area contributed by atoms with E-state index in [0.717, 1.165) is 23.4 Å². The van der Waals surface area contributed by atoms with Crippen LogP contribution in [0.15, 0.2) is 36.7 Å². The molecule has 0 saturated heterocycles. The van der Waals surface area contributed by atoms with Crippen molar-refractivity contribution in [2.75, 3.05) is 6.54 Å². The molecule has 1 aliphatic rings. The lowest BCUT2D eigenvalue weighted by Gasteiger charge is -2.27. The van der Waals surface area contributed by atoms with Crippen molar-refractivity contribution in [1.29, 1.82) is 0 Å². The van der Waals surface area contributed by atoms with Crippen LogP contribution in [-0.4, -0.2) is 41.9 Å². The van der Waals surface area contributed by atoms with Gasteiger partial charge in [-0.1, -0.05) is 6.07 Å². The first-order chi connectivity index (χ1) is 13.6. The van der Waals surface area contributed by atoms with E-state index in [1.165, 1.54) is 5.69 Å². The fourth-order valence-corrected chi connectivity index (χ4v) is 3.54. The third-order valence-corrected chi connectivity index (χ3v) is 5.01. The Balaban J connectivity index is 1.42. The van der Waals surface area contributed by atoms with Gasteiger partial charge in [-0.2, -0.15) is 10.2 Å². The van der Waals surface area contributed by atoms with Crippen molar-refractivity contribution in [3.8, 4) is 5.88 Å². The molecule has 28 heavy (non-hydrogen) atoms. The summed E-state index contributed by atoms with van der Waals surface area (Å²) in [5.41, 5.74) is 4.04. The van der Waals surface area contributed by atoms with E-state index >= 15 is 0 Å². The van der Waals surface area contributed by atoms with Crippen LogP contribution in [0.4, 0.5) is 0 Å². The van der Waals surface area contributed by atoms with Gasteiger partial charge in [-0.15, -0.1) is 0 Å². The summed E-state index contributed by atoms with van der Waals surface area (Å²) in [5.74, 6) is 0.722. The number of carbonyl (C=O) groups excluding carboxylic acids is 1. The van der Waals surface area contributed by atoms with Gasteiger partial charge in [-0.05, 0) is 19.1 Å². The molecule has 3 aromatic heterocycles. The van der Waals surface area contributed by atoms with Gasteiger partial charge in [0.25, 0.3) is 0 Å². The molecule has 146 valence electrons. The summed E-state index contributed by atoms with van der Waals surface area (Å²) in [5, 5.41) is 8.78. The van der Waals surface area contributed by atoms with Crippen LogP contribution in [-0.2, 0) is 38.0 Å². The van der Waals surface area contributed by atoms with Crippen LogP contribution in [0.3, 0.4) is 0 Å². The minimum Gasteiger partial charge on any atom is -0.471 e. The summed E-state index contributed by atoms with van der Waals surface area (Å²) >= 11 is 0. The maximum atomic E-state index is 12.7. The molecule has 0 atom stereocenters. The number of rotatable bonds is 6. The maximum Gasteiger partial charge on any atom is 0.224 e. The minimum atomic E-state index is 0.136. The van der Waals surface area contributed by atoms with Gasteiger partial charge < -0.3 is 9.64 Å². The number of carbonyl (C=O) groups is 1. The van der Waals surface area contributed by atoms with Gasteiger partial charge >= 0.3 is 0 Å². The van der Waals surface area contributed by atoms with Gasteiger partial charge in [-0.25, -0.2) is 4.98 Å². The molecule has 0 spiro atoms. The fraction of sp³-hybridized carbons (Fsp3) is 0.400. The van der Waals surface area contributed by atoms with Crippen LogP contribution in [0, 0.1) is 6.92 Å². The predicted octanol–water partition coefficient (Wildman–Crippen LogP) is 1.87. The zero-order valence-corrected chi connectivity index (χ0v) is 16.2. The van der Waals surface area contributed by atoms with E-state index in [1.54, 1.807) is 10.9 Å². The van der Waals surface area contributed by atoms with Gasteiger partial charge in [0.05, 0.1) is 0 Å². The van der Waals surface area contributed by atoms with E-state index in [1.807, 2.05) is 54.0 Å². The highest BCUT2D eigenvalue weighted by Crippen LogP contribution is 2.24. The molecule has 0 bridgehead atoms. The van der Waals surface area contributed by atoms with E-state index in [2.05, 4.69) is 15.2 Å². The fourth-order valence-electron chi connectivity index (χ4n) is 3.54. The van der Waals surface area contributed by atoms with Gasteiger partial charge in [0, 0.05) is 74.9 Å². The largest absolute Gasteiger partial charge is 0.471 e. The quantitative estimate of drug-likeness (QED) is 0.652. The summed E-state index contributed by atoms with van der Waals surface area (Å²) in [4.78, 5) is 18.9. The average molecular weight is 380 g/mol. The molecule has 0 aliphatic carbocycles. The number of aromatic nitrogens is 5. The number of hydrogen-bond acceptors (Lipinski definition) is 5. The number of amides is 1. The number of ether oxygens (including phenoxy) is 1. The van der Waals surface area contributed by atoms with Crippen LogP contribution in [0.5, 0.6) is 5.88 Å². The van der Waals surface area contributed by atoms with Gasteiger partial charge in [0.2, 0.25) is 11.8 Å². The minimum absolute atomic E-state index is 0.136. The molecule has 0 unspecified atom stereocenters. The zero-order valence-electron chi connectivity index (χ0n) is 16.2. The molecule has 1 aliphatic heterocycles. The maximum absolute atomic E-state index is 12.7. The first-order valence-electron chi connectivity index (χ1n) is 9.45. The lowest BCUT2D eigenvalue weighted by molar-refractivity contribution is -0.132. The molecule has 4 heterocycles. The number of aryl methyl sites for hydroxylation is 3. The average Bonchev–Trinajstić information content (AvgIpc) is 3.32. The molecular formula is C20H24N6O2. The van der Waals surface area contributed by atoms with E-state index in [-0.39, 0.29) is 5.91 Å². The lowest BCUT2D eigenvalue weighted by atomic mass is 10.0. The highest BCUT2D eigenvalue weighted by molar-refractivity contribution is 5.76. The van der Waals surface area contributed by atoms with Gasteiger partial charge in [-0.3, -0.25) is 14.2 Å². The molecule has 3 aromatic rings. The Kier molecular flexibility index (Phi) is 5.10. The molecule has 0 fully saturated rings. The second-order valence-corrected chi connectivity index (χ2v) is 6.99. The highest BCUT2D eigenvalue weighted by atomic mass is 16.5. The third-order valence-electron chi connectivity index (χ3n) is 5.01. The first-order valence-corrected chi connectivity index (χ1v) is 9.45. The van der Waals surface area contributed by atoms with Crippen molar-refractivity contribution in [3.63, 3.8) is 0 Å². The Hall–Kier alpha value is -3.16. The van der Waals surface area contributed by atoms with Crippen molar-refractivity contribution < 1.29 is 9.53 Å². The third kappa shape index (κ3) is 3.90. The molecule has 8 nitrogen and oxygen atoms in total. The van der Waals surface area contributed by atoms with Crippen molar-refractivity contribution in [2.24, 2.45) is 7.05 Å². The smallest absolute Gasteiger partial charge is 0.224 e. The Labute approximate surface area is 163 Å². The molecule has 0 aromatic carbocycles. The summed E-state index contributed by atoms with van der Waals surface area (Å²) in [6.07, 6.45) is 4.84. The Morgan fingerprint density at radius 2 is 2.18 bits per heavy atom. The standard InChI is InChI=1S/C20H24N6O2/c1-15-5-3-6-19(22-15)28-14-17-16-13-25(11-7-18(16)24(2)23-17)20(27)8-12-26-10-4-9-21-26/h3-6,9-10H,7-8,11-14H2,1-2H3. The number of fused-ring (bicyclic) bond motifs is 1. The summed E-state index contributed by atoms with van der Waals surface area (Å²) in [7, 11) is 1.95. The lowest BCUT2D eigenvalue weighted by Crippen LogP contribution is -2.37. The van der Waals surface area contributed by atoms with Crippen molar-refractivity contribution in [2.45, 2.75) is 39.5 Å². The van der Waals surface area contributed by atoms with E-state index in [9.17, 15) is 4.79 Å². The number of nitrogens with zero attached hydrogens (tertiary/aromatic N) is 6. The molecule has 0 N–H and O–H groups in total. The summed E-state index contributed by atoms with van der Waals surface area (Å²) < 4.78 is 9.53. The zero-order chi connectivity index (χ0) is 19.5. The van der Waals surface area contributed by atoms with Crippen molar-refractivity contribution >= 4 is 5.91 Å². The van der Waals surface area contributed by atoms with Gasteiger partial charge in [0.15, 0.2) is 0 Å². The van der Waals surface area contributed by atoms with Gasteiger partial charge in [0.1, 0.15) is 12.3 Å². The summed E-state index contributed by atoms with van der Waals surface area (Å²) in [6, 6.07) is 7.56. The second-order valence-electron chi connectivity index (χ2n) is 6.99. The topological polar surface area (TPSA) is 78.1 Å². The van der Waals surface area contributed by atoms with Crippen molar-refractivity contribution in [3.05, 3.63) is 59.3 Å². The predicted molar refractivity (Wildman–Crippen MR) is 102 cm³/mol. The van der Waals surface area contributed by atoms with E-state index < -0.39 is 0 Å². The molecule has 1 amide bonds. The van der Waals surface area contributed by atoms with E-state index in [0.29, 0.717) is 38.5 Å². The highest BCUT2D eigenvalue weighted by Gasteiger charge is 2.26. The summed E-state index contributed by atoms with van der Waals surface area (Å²) in [6.45, 7) is 4.15. The van der Waals surface area contributed by atoms with Crippen LogP contribution in [0.2, 0.25) is 0 Å². The van der Waals surface area contributed by atoms with Crippen LogP contribution < -0.4 is 4.74 Å². The molecule has 8 heteroatoms. The van der Waals surface area contributed by atoms with Crippen molar-refractivity contribution in [1.82, 2.24) is 29.4 Å². The molecular weight excluding hydrogens is 356 g/mol. The Morgan fingerprint density at radius 3 is 2.96 bits per heavy atom. The van der Waals surface area contributed by atoms with Crippen LogP contribution >= 0.6 is 0 Å². The van der Waals surface area contributed by atoms with Crippen LogP contribution in [0.1, 0.15) is 29.1 Å². The Morgan fingerprint density at radius 1 is 1.29 bits per heavy atom. The molecule has 0 saturated carbocycles. The SMILES string of the molecule is Cc1cccc(OCc2nn(C)c3c2CN(C(=O)CCn2cccn2)CC3)n1. The monoisotopic (exact) mass is 380 g/mol. The second kappa shape index (κ2) is 7.84. The molecule has 4 rings (SSSR count). The molecule has 0 radical (unpaired) electrons. The number of pyridine rings is 1. The van der Waals surface area contributed by atoms with E-state index in [4.69, 9.17) is 4.74 Å².